The number of hydrogen-bond acceptors (Lipinski definition) is 4. The molecule has 14 heavy (non-hydrogen) atoms. The summed E-state index contributed by atoms with van der Waals surface area (Å²) in [4.78, 5) is 4.18. The van der Waals surface area contributed by atoms with Crippen molar-refractivity contribution in [2.45, 2.75) is 19.9 Å². The second-order valence-corrected chi connectivity index (χ2v) is 3.47. The number of nitrogens with one attached hydrogen (secondary N) is 1. The molecule has 0 aliphatic heterocycles. The van der Waals surface area contributed by atoms with Gasteiger partial charge in [0.1, 0.15) is 11.3 Å². The van der Waals surface area contributed by atoms with Gasteiger partial charge in [-0.2, -0.15) is 4.98 Å². The topological polar surface area (TPSA) is 58.3 Å². The van der Waals surface area contributed by atoms with E-state index in [9.17, 15) is 5.11 Å². The highest BCUT2D eigenvalue weighted by Gasteiger charge is 2.06. The van der Waals surface area contributed by atoms with E-state index in [4.69, 9.17) is 4.42 Å². The Labute approximate surface area is 81.6 Å². The Morgan fingerprint density at radius 3 is 2.93 bits per heavy atom. The predicted molar refractivity (Wildman–Crippen MR) is 54.4 cm³/mol. The number of fused-ring (bicyclic) bond motifs is 1. The fourth-order valence-corrected chi connectivity index (χ4v) is 1.22. The van der Waals surface area contributed by atoms with Crippen LogP contribution in [-0.2, 0) is 0 Å². The van der Waals surface area contributed by atoms with Crippen molar-refractivity contribution in [2.24, 2.45) is 0 Å². The summed E-state index contributed by atoms with van der Waals surface area (Å²) in [6, 6.07) is 5.61. The minimum absolute atomic E-state index is 0.196. The molecule has 0 aliphatic rings. The summed E-state index contributed by atoms with van der Waals surface area (Å²) >= 11 is 0. The van der Waals surface area contributed by atoms with Gasteiger partial charge in [-0.1, -0.05) is 0 Å². The first-order chi connectivity index (χ1) is 6.65. The molecule has 0 radical (unpaired) electrons. The minimum Gasteiger partial charge on any atom is -0.508 e. The first kappa shape index (κ1) is 8.87. The molecule has 2 rings (SSSR count). The van der Waals surface area contributed by atoms with Crippen LogP contribution in [0.15, 0.2) is 22.6 Å². The van der Waals surface area contributed by atoms with Gasteiger partial charge in [0.25, 0.3) is 6.01 Å². The fourth-order valence-electron chi connectivity index (χ4n) is 1.22. The molecule has 2 aromatic rings. The van der Waals surface area contributed by atoms with Gasteiger partial charge in [0.2, 0.25) is 0 Å². The Bertz CT molecular complexity index is 448. The van der Waals surface area contributed by atoms with E-state index < -0.39 is 0 Å². The summed E-state index contributed by atoms with van der Waals surface area (Å²) in [5.41, 5.74) is 1.33. The normalized spacial score (nSPS) is 11.1. The first-order valence-corrected chi connectivity index (χ1v) is 4.51. The van der Waals surface area contributed by atoms with Crippen LogP contribution in [0.3, 0.4) is 0 Å². The summed E-state index contributed by atoms with van der Waals surface area (Å²) < 4.78 is 5.40. The maximum absolute atomic E-state index is 9.22. The Balaban J connectivity index is 2.41. The van der Waals surface area contributed by atoms with Crippen LogP contribution in [-0.4, -0.2) is 16.1 Å². The van der Waals surface area contributed by atoms with E-state index in [0.29, 0.717) is 17.1 Å². The molecular formula is C10H12N2O2. The van der Waals surface area contributed by atoms with E-state index in [1.807, 2.05) is 13.8 Å². The summed E-state index contributed by atoms with van der Waals surface area (Å²) in [7, 11) is 0. The van der Waals surface area contributed by atoms with Crippen molar-refractivity contribution in [1.29, 1.82) is 0 Å². The highest BCUT2D eigenvalue weighted by molar-refractivity contribution is 5.76. The number of nitrogens with zero attached hydrogens (tertiary/aromatic N) is 1. The van der Waals surface area contributed by atoms with Crippen LogP contribution in [0.2, 0.25) is 0 Å². The third-order valence-electron chi connectivity index (χ3n) is 1.78. The van der Waals surface area contributed by atoms with Gasteiger partial charge in [-0.25, -0.2) is 0 Å². The number of anilines is 1. The van der Waals surface area contributed by atoms with Gasteiger partial charge in [0, 0.05) is 12.1 Å². The fraction of sp³-hybridized carbons (Fsp3) is 0.300. The molecule has 1 heterocycles. The lowest BCUT2D eigenvalue weighted by molar-refractivity contribution is 0.476. The number of phenolic OH excluding ortho intramolecular Hbond substituents is 1. The average molecular weight is 192 g/mol. The van der Waals surface area contributed by atoms with E-state index in [0.717, 1.165) is 0 Å². The standard InChI is InChI=1S/C10H12N2O2/c1-6(2)11-10-12-8-5-7(13)3-4-9(8)14-10/h3-6,13H,1-2H3,(H,11,12). The SMILES string of the molecule is CC(C)Nc1nc2cc(O)ccc2o1. The van der Waals surface area contributed by atoms with Crippen LogP contribution in [0.5, 0.6) is 5.75 Å². The third-order valence-corrected chi connectivity index (χ3v) is 1.78. The molecule has 0 saturated heterocycles. The molecule has 0 unspecified atom stereocenters. The number of hydrogen-bond donors (Lipinski definition) is 2. The number of rotatable bonds is 2. The van der Waals surface area contributed by atoms with Gasteiger partial charge in [-0.15, -0.1) is 0 Å². The molecule has 74 valence electrons. The molecule has 1 aromatic heterocycles. The number of oxazole rings is 1. The van der Waals surface area contributed by atoms with Crippen molar-refractivity contribution in [2.75, 3.05) is 5.32 Å². The molecule has 0 fully saturated rings. The number of aromatic nitrogens is 1. The highest BCUT2D eigenvalue weighted by Crippen LogP contribution is 2.22. The molecule has 0 bridgehead atoms. The second kappa shape index (κ2) is 3.21. The Kier molecular flexibility index (Phi) is 2.04. The van der Waals surface area contributed by atoms with Gasteiger partial charge in [0.05, 0.1) is 0 Å². The summed E-state index contributed by atoms with van der Waals surface area (Å²) in [5.74, 6) is 0.196. The first-order valence-electron chi connectivity index (χ1n) is 4.51. The maximum Gasteiger partial charge on any atom is 0.295 e. The quantitative estimate of drug-likeness (QED) is 0.766. The van der Waals surface area contributed by atoms with Crippen LogP contribution >= 0.6 is 0 Å². The van der Waals surface area contributed by atoms with E-state index in [2.05, 4.69) is 10.3 Å². The zero-order chi connectivity index (χ0) is 10.1. The Hall–Kier alpha value is -1.71. The summed E-state index contributed by atoms with van der Waals surface area (Å²) in [5, 5.41) is 12.3. The van der Waals surface area contributed by atoms with E-state index >= 15 is 0 Å². The zero-order valence-corrected chi connectivity index (χ0v) is 8.11. The van der Waals surface area contributed by atoms with Gasteiger partial charge >= 0.3 is 0 Å². The predicted octanol–water partition coefficient (Wildman–Crippen LogP) is 2.35. The summed E-state index contributed by atoms with van der Waals surface area (Å²) in [6.07, 6.45) is 0. The van der Waals surface area contributed by atoms with Gasteiger partial charge in [-0.3, -0.25) is 0 Å². The molecule has 1 aromatic carbocycles. The van der Waals surface area contributed by atoms with Gasteiger partial charge in [-0.05, 0) is 26.0 Å². The second-order valence-electron chi connectivity index (χ2n) is 3.47. The molecule has 0 saturated carbocycles. The van der Waals surface area contributed by atoms with Crippen molar-refractivity contribution in [3.63, 3.8) is 0 Å². The minimum atomic E-state index is 0.196. The third kappa shape index (κ3) is 1.64. The van der Waals surface area contributed by atoms with Crippen molar-refractivity contribution >= 4 is 17.1 Å². The lowest BCUT2D eigenvalue weighted by Gasteiger charge is -2.02. The van der Waals surface area contributed by atoms with Crippen LogP contribution in [0.25, 0.3) is 11.1 Å². The molecule has 0 aliphatic carbocycles. The average Bonchev–Trinajstić information content (AvgIpc) is 2.44. The lowest BCUT2D eigenvalue weighted by atomic mass is 10.3. The molecular weight excluding hydrogens is 180 g/mol. The number of aromatic hydroxyl groups is 1. The van der Waals surface area contributed by atoms with Crippen LogP contribution in [0, 0.1) is 0 Å². The molecule has 2 N–H and O–H groups in total. The maximum atomic E-state index is 9.22. The van der Waals surface area contributed by atoms with Crippen LogP contribution in [0.1, 0.15) is 13.8 Å². The smallest absolute Gasteiger partial charge is 0.295 e. The van der Waals surface area contributed by atoms with Crippen molar-refractivity contribution in [3.8, 4) is 5.75 Å². The van der Waals surface area contributed by atoms with Crippen molar-refractivity contribution in [3.05, 3.63) is 18.2 Å². The van der Waals surface area contributed by atoms with E-state index in [1.54, 1.807) is 18.2 Å². The molecule has 0 atom stereocenters. The molecule has 0 amide bonds. The van der Waals surface area contributed by atoms with Crippen LogP contribution in [0.4, 0.5) is 6.01 Å². The monoisotopic (exact) mass is 192 g/mol. The van der Waals surface area contributed by atoms with Gasteiger partial charge in [0.15, 0.2) is 5.58 Å². The van der Waals surface area contributed by atoms with E-state index in [1.165, 1.54) is 0 Å². The van der Waals surface area contributed by atoms with Crippen molar-refractivity contribution < 1.29 is 9.52 Å². The zero-order valence-electron chi connectivity index (χ0n) is 8.11. The Morgan fingerprint density at radius 1 is 1.43 bits per heavy atom. The molecule has 4 nitrogen and oxygen atoms in total. The Morgan fingerprint density at radius 2 is 2.21 bits per heavy atom. The van der Waals surface area contributed by atoms with Crippen LogP contribution < -0.4 is 5.32 Å². The van der Waals surface area contributed by atoms with E-state index in [-0.39, 0.29) is 11.8 Å². The number of phenols is 1. The largest absolute Gasteiger partial charge is 0.508 e. The number of benzene rings is 1. The lowest BCUT2D eigenvalue weighted by Crippen LogP contribution is -2.09. The molecule has 0 spiro atoms. The highest BCUT2D eigenvalue weighted by atomic mass is 16.4. The molecule has 4 heteroatoms. The van der Waals surface area contributed by atoms with Gasteiger partial charge < -0.3 is 14.8 Å². The summed E-state index contributed by atoms with van der Waals surface area (Å²) in [6.45, 7) is 4.01. The van der Waals surface area contributed by atoms with Crippen molar-refractivity contribution in [1.82, 2.24) is 4.98 Å².